The summed E-state index contributed by atoms with van der Waals surface area (Å²) in [5, 5.41) is 8.91. The highest BCUT2D eigenvalue weighted by Crippen LogP contribution is 2.27. The molecule has 0 aliphatic rings. The molecule has 2 aromatic carbocycles. The van der Waals surface area contributed by atoms with Gasteiger partial charge < -0.3 is 10.0 Å². The van der Waals surface area contributed by atoms with Gasteiger partial charge in [0.1, 0.15) is 11.6 Å². The number of rotatable bonds is 3. The lowest BCUT2D eigenvalue weighted by molar-refractivity contribution is 0.0697. The van der Waals surface area contributed by atoms with Crippen molar-refractivity contribution in [1.82, 2.24) is 0 Å². The minimum Gasteiger partial charge on any atom is -0.478 e. The molecule has 0 saturated heterocycles. The average Bonchev–Trinajstić information content (AvgIpc) is 2.38. The minimum absolute atomic E-state index is 0.104. The third kappa shape index (κ3) is 2.70. The summed E-state index contributed by atoms with van der Waals surface area (Å²) < 4.78 is 26.5. The Kier molecular flexibility index (Phi) is 3.46. The van der Waals surface area contributed by atoms with E-state index in [9.17, 15) is 13.6 Å². The summed E-state index contributed by atoms with van der Waals surface area (Å²) >= 11 is 0. The maximum atomic E-state index is 13.6. The van der Waals surface area contributed by atoms with Crippen LogP contribution < -0.4 is 4.90 Å². The summed E-state index contributed by atoms with van der Waals surface area (Å²) in [6.07, 6.45) is 0. The van der Waals surface area contributed by atoms with Crippen LogP contribution in [0.2, 0.25) is 0 Å². The smallest absolute Gasteiger partial charge is 0.335 e. The van der Waals surface area contributed by atoms with Crippen molar-refractivity contribution in [3.05, 3.63) is 59.7 Å². The summed E-state index contributed by atoms with van der Waals surface area (Å²) in [6, 6.07) is 9.32. The molecule has 0 fully saturated rings. The Bertz CT molecular complexity index is 629. The highest BCUT2D eigenvalue weighted by molar-refractivity contribution is 5.89. The van der Waals surface area contributed by atoms with Crippen molar-refractivity contribution in [2.45, 2.75) is 0 Å². The summed E-state index contributed by atoms with van der Waals surface area (Å²) in [5.41, 5.74) is 0.779. The van der Waals surface area contributed by atoms with Crippen molar-refractivity contribution >= 4 is 17.3 Å². The summed E-state index contributed by atoms with van der Waals surface area (Å²) in [4.78, 5) is 12.3. The second kappa shape index (κ2) is 5.06. The molecule has 98 valence electrons. The molecule has 0 amide bonds. The number of carboxylic acids is 1. The molecular weight excluding hydrogens is 252 g/mol. The normalized spacial score (nSPS) is 10.3. The molecule has 0 radical (unpaired) electrons. The number of halogens is 2. The highest BCUT2D eigenvalue weighted by Gasteiger charge is 2.12. The second-order valence-corrected chi connectivity index (χ2v) is 4.01. The third-order valence-electron chi connectivity index (χ3n) is 2.75. The van der Waals surface area contributed by atoms with E-state index in [4.69, 9.17) is 5.11 Å². The second-order valence-electron chi connectivity index (χ2n) is 4.01. The third-order valence-corrected chi connectivity index (χ3v) is 2.75. The lowest BCUT2D eigenvalue weighted by Gasteiger charge is -2.20. The maximum absolute atomic E-state index is 13.6. The van der Waals surface area contributed by atoms with E-state index in [-0.39, 0.29) is 11.3 Å². The molecule has 0 heterocycles. The lowest BCUT2D eigenvalue weighted by atomic mass is 10.1. The van der Waals surface area contributed by atoms with E-state index in [2.05, 4.69) is 0 Å². The molecule has 0 atom stereocenters. The first-order chi connectivity index (χ1) is 8.99. The van der Waals surface area contributed by atoms with Gasteiger partial charge in [-0.25, -0.2) is 13.6 Å². The van der Waals surface area contributed by atoms with Crippen molar-refractivity contribution in [1.29, 1.82) is 0 Å². The lowest BCUT2D eigenvalue weighted by Crippen LogP contribution is -2.12. The van der Waals surface area contributed by atoms with Gasteiger partial charge in [0.15, 0.2) is 0 Å². The standard InChI is InChI=1S/C14H11F2NO2/c1-17(13-6-5-10(15)8-12(13)16)11-4-2-3-9(7-11)14(18)19/h2-8H,1H3,(H,18,19). The molecular formula is C14H11F2NO2. The van der Waals surface area contributed by atoms with Crippen LogP contribution in [0.25, 0.3) is 0 Å². The number of carbonyl (C=O) groups is 1. The molecule has 2 aromatic rings. The van der Waals surface area contributed by atoms with E-state index >= 15 is 0 Å². The van der Waals surface area contributed by atoms with Crippen LogP contribution >= 0.6 is 0 Å². The fourth-order valence-electron chi connectivity index (χ4n) is 1.74. The van der Waals surface area contributed by atoms with Gasteiger partial charge in [0.25, 0.3) is 0 Å². The Labute approximate surface area is 108 Å². The first kappa shape index (κ1) is 13.0. The zero-order valence-corrected chi connectivity index (χ0v) is 10.1. The summed E-state index contributed by atoms with van der Waals surface area (Å²) in [7, 11) is 1.58. The Hall–Kier alpha value is -2.43. The van der Waals surface area contributed by atoms with E-state index in [1.807, 2.05) is 0 Å². The molecule has 19 heavy (non-hydrogen) atoms. The zero-order chi connectivity index (χ0) is 14.0. The van der Waals surface area contributed by atoms with Gasteiger partial charge in [-0.3, -0.25) is 0 Å². The summed E-state index contributed by atoms with van der Waals surface area (Å²) in [6.45, 7) is 0. The molecule has 0 aromatic heterocycles. The van der Waals surface area contributed by atoms with Crippen LogP contribution in [0, 0.1) is 11.6 Å². The molecule has 0 spiro atoms. The minimum atomic E-state index is -1.06. The number of hydrogen-bond acceptors (Lipinski definition) is 2. The first-order valence-corrected chi connectivity index (χ1v) is 5.51. The van der Waals surface area contributed by atoms with Gasteiger partial charge in [-0.2, -0.15) is 0 Å². The summed E-state index contributed by atoms with van der Waals surface area (Å²) in [5.74, 6) is -2.42. The van der Waals surface area contributed by atoms with Gasteiger partial charge in [0.05, 0.1) is 11.3 Å². The topological polar surface area (TPSA) is 40.5 Å². The van der Waals surface area contributed by atoms with Crippen molar-refractivity contribution in [2.24, 2.45) is 0 Å². The van der Waals surface area contributed by atoms with Crippen LogP contribution in [-0.4, -0.2) is 18.1 Å². The monoisotopic (exact) mass is 263 g/mol. The van der Waals surface area contributed by atoms with E-state index < -0.39 is 17.6 Å². The number of carboxylic acid groups (broad SMARTS) is 1. The van der Waals surface area contributed by atoms with Crippen LogP contribution in [0.5, 0.6) is 0 Å². The van der Waals surface area contributed by atoms with E-state index in [1.165, 1.54) is 23.1 Å². The molecule has 0 bridgehead atoms. The van der Waals surface area contributed by atoms with Crippen LogP contribution in [0.1, 0.15) is 10.4 Å². The fourth-order valence-corrected chi connectivity index (χ4v) is 1.74. The molecule has 0 unspecified atom stereocenters. The number of benzene rings is 2. The van der Waals surface area contributed by atoms with Crippen molar-refractivity contribution < 1.29 is 18.7 Å². The van der Waals surface area contributed by atoms with Gasteiger partial charge in [0, 0.05) is 18.8 Å². The molecule has 2 rings (SSSR count). The molecule has 5 heteroatoms. The Balaban J connectivity index is 2.41. The van der Waals surface area contributed by atoms with E-state index in [0.29, 0.717) is 5.69 Å². The Morgan fingerprint density at radius 2 is 1.89 bits per heavy atom. The molecule has 0 aliphatic heterocycles. The average molecular weight is 263 g/mol. The number of anilines is 2. The first-order valence-electron chi connectivity index (χ1n) is 5.51. The van der Waals surface area contributed by atoms with Crippen LogP contribution in [-0.2, 0) is 0 Å². The predicted molar refractivity (Wildman–Crippen MR) is 67.8 cm³/mol. The fraction of sp³-hybridized carbons (Fsp3) is 0.0714. The maximum Gasteiger partial charge on any atom is 0.335 e. The van der Waals surface area contributed by atoms with Gasteiger partial charge in [-0.1, -0.05) is 6.07 Å². The Morgan fingerprint density at radius 1 is 1.16 bits per heavy atom. The Morgan fingerprint density at radius 3 is 2.53 bits per heavy atom. The van der Waals surface area contributed by atoms with Crippen LogP contribution in [0.15, 0.2) is 42.5 Å². The molecule has 0 saturated carbocycles. The van der Waals surface area contributed by atoms with Crippen LogP contribution in [0.4, 0.5) is 20.2 Å². The van der Waals surface area contributed by atoms with Crippen molar-refractivity contribution in [3.8, 4) is 0 Å². The largest absolute Gasteiger partial charge is 0.478 e. The quantitative estimate of drug-likeness (QED) is 0.922. The van der Waals surface area contributed by atoms with Crippen molar-refractivity contribution in [3.63, 3.8) is 0 Å². The van der Waals surface area contributed by atoms with E-state index in [1.54, 1.807) is 19.2 Å². The predicted octanol–water partition coefficient (Wildman–Crippen LogP) is 3.43. The molecule has 1 N–H and O–H groups in total. The van der Waals surface area contributed by atoms with Crippen molar-refractivity contribution in [2.75, 3.05) is 11.9 Å². The zero-order valence-electron chi connectivity index (χ0n) is 10.1. The number of nitrogens with zero attached hydrogens (tertiary/aromatic N) is 1. The molecule has 3 nitrogen and oxygen atoms in total. The van der Waals surface area contributed by atoms with Gasteiger partial charge >= 0.3 is 5.97 Å². The molecule has 0 aliphatic carbocycles. The van der Waals surface area contributed by atoms with E-state index in [0.717, 1.165) is 12.1 Å². The number of hydrogen-bond donors (Lipinski definition) is 1. The highest BCUT2D eigenvalue weighted by atomic mass is 19.1. The van der Waals surface area contributed by atoms with Gasteiger partial charge in [0.2, 0.25) is 0 Å². The van der Waals surface area contributed by atoms with Gasteiger partial charge in [-0.05, 0) is 30.3 Å². The van der Waals surface area contributed by atoms with Gasteiger partial charge in [-0.15, -0.1) is 0 Å². The SMILES string of the molecule is CN(c1cccc(C(=O)O)c1)c1ccc(F)cc1F. The number of aromatic carboxylic acids is 1. The van der Waals surface area contributed by atoms with Crippen LogP contribution in [0.3, 0.4) is 0 Å².